The standard InChI is InChI=1S/C12H21N3O/c16-12-14-11-3-1-2-10(11)8-15(12)7-9-4-5-13-6-9/h9-11,13H,1-8H2,(H,14,16). The van der Waals surface area contributed by atoms with Gasteiger partial charge in [-0.15, -0.1) is 0 Å². The minimum absolute atomic E-state index is 0.176. The van der Waals surface area contributed by atoms with Crippen molar-refractivity contribution in [1.82, 2.24) is 15.5 Å². The van der Waals surface area contributed by atoms with E-state index in [9.17, 15) is 4.79 Å². The number of carbonyl (C=O) groups excluding carboxylic acids is 1. The van der Waals surface area contributed by atoms with E-state index >= 15 is 0 Å². The maximum Gasteiger partial charge on any atom is 0.317 e. The van der Waals surface area contributed by atoms with Crippen LogP contribution in [0.4, 0.5) is 4.79 Å². The van der Waals surface area contributed by atoms with Crippen molar-refractivity contribution < 1.29 is 4.79 Å². The molecule has 2 saturated heterocycles. The molecular formula is C12H21N3O. The smallest absolute Gasteiger partial charge is 0.317 e. The Labute approximate surface area is 96.8 Å². The molecule has 4 heteroatoms. The van der Waals surface area contributed by atoms with Crippen LogP contribution in [0, 0.1) is 11.8 Å². The summed E-state index contributed by atoms with van der Waals surface area (Å²) in [4.78, 5) is 14.0. The van der Waals surface area contributed by atoms with Gasteiger partial charge >= 0.3 is 6.03 Å². The summed E-state index contributed by atoms with van der Waals surface area (Å²) < 4.78 is 0. The SMILES string of the molecule is O=C1NC2CCCC2CN1CC1CCNC1. The highest BCUT2D eigenvalue weighted by molar-refractivity contribution is 5.75. The lowest BCUT2D eigenvalue weighted by Crippen LogP contribution is -2.56. The molecule has 2 aliphatic heterocycles. The first-order chi connectivity index (χ1) is 7.83. The van der Waals surface area contributed by atoms with Gasteiger partial charge in [-0.25, -0.2) is 4.79 Å². The molecule has 90 valence electrons. The lowest BCUT2D eigenvalue weighted by atomic mass is 9.99. The van der Waals surface area contributed by atoms with E-state index < -0.39 is 0 Å². The molecule has 3 aliphatic rings. The number of urea groups is 1. The highest BCUT2D eigenvalue weighted by Gasteiger charge is 2.37. The Hall–Kier alpha value is -0.770. The molecule has 2 heterocycles. The van der Waals surface area contributed by atoms with Gasteiger partial charge in [-0.2, -0.15) is 0 Å². The Morgan fingerprint density at radius 1 is 1.31 bits per heavy atom. The van der Waals surface area contributed by atoms with Crippen molar-refractivity contribution in [3.63, 3.8) is 0 Å². The van der Waals surface area contributed by atoms with E-state index in [1.54, 1.807) is 0 Å². The van der Waals surface area contributed by atoms with Gasteiger partial charge in [-0.1, -0.05) is 6.42 Å². The van der Waals surface area contributed by atoms with Crippen molar-refractivity contribution >= 4 is 6.03 Å². The Balaban J connectivity index is 1.59. The van der Waals surface area contributed by atoms with Gasteiger partial charge in [0.2, 0.25) is 0 Å². The summed E-state index contributed by atoms with van der Waals surface area (Å²) in [5.41, 5.74) is 0. The molecule has 4 nitrogen and oxygen atoms in total. The highest BCUT2D eigenvalue weighted by atomic mass is 16.2. The third-order valence-corrected chi connectivity index (χ3v) is 4.35. The number of amides is 2. The summed E-state index contributed by atoms with van der Waals surface area (Å²) >= 11 is 0. The second-order valence-electron chi connectivity index (χ2n) is 5.51. The van der Waals surface area contributed by atoms with E-state index in [1.807, 2.05) is 4.90 Å². The van der Waals surface area contributed by atoms with Crippen molar-refractivity contribution in [2.45, 2.75) is 31.7 Å². The van der Waals surface area contributed by atoms with Crippen molar-refractivity contribution in [1.29, 1.82) is 0 Å². The zero-order valence-corrected chi connectivity index (χ0v) is 9.74. The molecule has 0 aromatic heterocycles. The maximum atomic E-state index is 11.9. The van der Waals surface area contributed by atoms with E-state index in [1.165, 1.54) is 25.7 Å². The van der Waals surface area contributed by atoms with Crippen LogP contribution < -0.4 is 10.6 Å². The molecule has 3 rings (SSSR count). The fourth-order valence-electron chi connectivity index (χ4n) is 3.40. The number of nitrogens with one attached hydrogen (secondary N) is 2. The topological polar surface area (TPSA) is 44.4 Å². The number of fused-ring (bicyclic) bond motifs is 1. The van der Waals surface area contributed by atoms with Crippen LogP contribution in [0.15, 0.2) is 0 Å². The number of rotatable bonds is 2. The molecular weight excluding hydrogens is 202 g/mol. The van der Waals surface area contributed by atoms with Crippen LogP contribution in [0.1, 0.15) is 25.7 Å². The summed E-state index contributed by atoms with van der Waals surface area (Å²) in [6.45, 7) is 4.14. The van der Waals surface area contributed by atoms with Crippen LogP contribution in [0.25, 0.3) is 0 Å². The number of hydrogen-bond acceptors (Lipinski definition) is 2. The fraction of sp³-hybridized carbons (Fsp3) is 0.917. The third kappa shape index (κ3) is 1.90. The van der Waals surface area contributed by atoms with Gasteiger partial charge in [-0.05, 0) is 44.2 Å². The molecule has 2 amide bonds. The molecule has 3 atom stereocenters. The molecule has 16 heavy (non-hydrogen) atoms. The van der Waals surface area contributed by atoms with E-state index in [0.29, 0.717) is 17.9 Å². The summed E-state index contributed by atoms with van der Waals surface area (Å²) in [7, 11) is 0. The zero-order chi connectivity index (χ0) is 11.0. The normalized spacial score (nSPS) is 38.6. The molecule has 2 N–H and O–H groups in total. The second-order valence-corrected chi connectivity index (χ2v) is 5.51. The Morgan fingerprint density at radius 2 is 2.25 bits per heavy atom. The van der Waals surface area contributed by atoms with Gasteiger partial charge in [0.1, 0.15) is 0 Å². The van der Waals surface area contributed by atoms with Crippen LogP contribution in [0.5, 0.6) is 0 Å². The van der Waals surface area contributed by atoms with E-state index in [2.05, 4.69) is 10.6 Å². The van der Waals surface area contributed by atoms with E-state index in [0.717, 1.165) is 26.2 Å². The first-order valence-electron chi connectivity index (χ1n) is 6.59. The molecule has 3 unspecified atom stereocenters. The number of nitrogens with zero attached hydrogens (tertiary/aromatic N) is 1. The summed E-state index contributed by atoms with van der Waals surface area (Å²) in [5, 5.41) is 6.53. The summed E-state index contributed by atoms with van der Waals surface area (Å²) in [6, 6.07) is 0.653. The average molecular weight is 223 g/mol. The Bertz CT molecular complexity index is 273. The van der Waals surface area contributed by atoms with Crippen LogP contribution in [-0.4, -0.2) is 43.2 Å². The monoisotopic (exact) mass is 223 g/mol. The second kappa shape index (κ2) is 4.24. The van der Waals surface area contributed by atoms with Gasteiger partial charge in [0, 0.05) is 19.1 Å². The third-order valence-electron chi connectivity index (χ3n) is 4.35. The van der Waals surface area contributed by atoms with Crippen molar-refractivity contribution in [3.8, 4) is 0 Å². The van der Waals surface area contributed by atoms with Crippen LogP contribution >= 0.6 is 0 Å². The van der Waals surface area contributed by atoms with Gasteiger partial charge < -0.3 is 15.5 Å². The van der Waals surface area contributed by atoms with Gasteiger partial charge in [0.15, 0.2) is 0 Å². The molecule has 0 bridgehead atoms. The fourth-order valence-corrected chi connectivity index (χ4v) is 3.40. The van der Waals surface area contributed by atoms with Crippen molar-refractivity contribution in [3.05, 3.63) is 0 Å². The predicted octanol–water partition coefficient (Wildman–Crippen LogP) is 0.790. The molecule has 3 fully saturated rings. The number of carbonyl (C=O) groups is 1. The maximum absolute atomic E-state index is 11.9. The minimum atomic E-state index is 0.176. The van der Waals surface area contributed by atoms with Crippen LogP contribution in [0.2, 0.25) is 0 Å². The van der Waals surface area contributed by atoms with Crippen LogP contribution in [0.3, 0.4) is 0 Å². The zero-order valence-electron chi connectivity index (χ0n) is 9.74. The molecule has 1 saturated carbocycles. The molecule has 0 spiro atoms. The molecule has 0 radical (unpaired) electrons. The van der Waals surface area contributed by atoms with Gasteiger partial charge in [0.25, 0.3) is 0 Å². The predicted molar refractivity (Wildman–Crippen MR) is 62.2 cm³/mol. The molecule has 1 aliphatic carbocycles. The van der Waals surface area contributed by atoms with Crippen molar-refractivity contribution in [2.24, 2.45) is 11.8 Å². The summed E-state index contributed by atoms with van der Waals surface area (Å²) in [6.07, 6.45) is 4.99. The lowest BCUT2D eigenvalue weighted by Gasteiger charge is -2.37. The molecule has 0 aromatic rings. The van der Waals surface area contributed by atoms with E-state index in [4.69, 9.17) is 0 Å². The van der Waals surface area contributed by atoms with Crippen LogP contribution in [-0.2, 0) is 0 Å². The molecule has 0 aromatic carbocycles. The van der Waals surface area contributed by atoms with Crippen molar-refractivity contribution in [2.75, 3.05) is 26.2 Å². The largest absolute Gasteiger partial charge is 0.335 e. The first-order valence-corrected chi connectivity index (χ1v) is 6.59. The minimum Gasteiger partial charge on any atom is -0.335 e. The van der Waals surface area contributed by atoms with Gasteiger partial charge in [-0.3, -0.25) is 0 Å². The Morgan fingerprint density at radius 3 is 3.06 bits per heavy atom. The van der Waals surface area contributed by atoms with E-state index in [-0.39, 0.29) is 6.03 Å². The lowest BCUT2D eigenvalue weighted by molar-refractivity contribution is 0.145. The Kier molecular flexibility index (Phi) is 2.75. The highest BCUT2D eigenvalue weighted by Crippen LogP contribution is 2.29. The summed E-state index contributed by atoms with van der Waals surface area (Å²) in [5.74, 6) is 1.38. The number of hydrogen-bond donors (Lipinski definition) is 2. The quantitative estimate of drug-likeness (QED) is 0.727. The first kappa shape index (κ1) is 10.4. The average Bonchev–Trinajstić information content (AvgIpc) is 2.89. The van der Waals surface area contributed by atoms with Gasteiger partial charge in [0.05, 0.1) is 0 Å².